The number of carbonyl (C=O) groups excluding carboxylic acids is 1. The van der Waals surface area contributed by atoms with Gasteiger partial charge in [0.25, 0.3) is 0 Å². The zero-order valence-electron chi connectivity index (χ0n) is 18.7. The molecular formula is C22H28N8O3. The van der Waals surface area contributed by atoms with E-state index >= 15 is 0 Å². The molecule has 174 valence electrons. The number of benzene rings is 1. The molecule has 1 fully saturated rings. The standard InChI is InChI=1S/C22H28N8O3/c1-29-13-11-18(12-14-29)33-22(31)26-19-10-6-9-17(25-19)15-32-27-20(21(23)30(2)28-24)16-7-4-3-5-8-16/h3-10,18,23-24H,11-15H2,1-2H3,(H,25,26,31)/b23-21?,27-20-,28-24?. The summed E-state index contributed by atoms with van der Waals surface area (Å²) >= 11 is 0. The minimum atomic E-state index is -0.532. The predicted molar refractivity (Wildman–Crippen MR) is 123 cm³/mol. The number of pyridine rings is 1. The van der Waals surface area contributed by atoms with Crippen LogP contribution in [0.15, 0.2) is 58.9 Å². The zero-order valence-corrected chi connectivity index (χ0v) is 18.7. The maximum Gasteiger partial charge on any atom is 0.413 e. The van der Waals surface area contributed by atoms with E-state index in [-0.39, 0.29) is 24.3 Å². The number of hydrogen-bond donors (Lipinski definition) is 3. The minimum Gasteiger partial charge on any atom is -0.446 e. The van der Waals surface area contributed by atoms with Crippen LogP contribution in [0.2, 0.25) is 0 Å². The van der Waals surface area contributed by atoms with Crippen molar-refractivity contribution in [1.82, 2.24) is 14.9 Å². The number of rotatable bonds is 8. The van der Waals surface area contributed by atoms with Crippen LogP contribution in [0.25, 0.3) is 0 Å². The smallest absolute Gasteiger partial charge is 0.413 e. The number of amidine groups is 1. The van der Waals surface area contributed by atoms with E-state index in [1.807, 2.05) is 25.2 Å². The van der Waals surface area contributed by atoms with E-state index in [2.05, 4.69) is 25.6 Å². The molecule has 1 aromatic heterocycles. The van der Waals surface area contributed by atoms with Crippen LogP contribution >= 0.6 is 0 Å². The lowest BCUT2D eigenvalue weighted by Crippen LogP contribution is -2.36. The van der Waals surface area contributed by atoms with Gasteiger partial charge in [0.15, 0.2) is 18.2 Å². The van der Waals surface area contributed by atoms with Crippen molar-refractivity contribution in [1.29, 1.82) is 10.9 Å². The van der Waals surface area contributed by atoms with Crippen molar-refractivity contribution < 1.29 is 14.4 Å². The monoisotopic (exact) mass is 452 g/mol. The van der Waals surface area contributed by atoms with Crippen LogP contribution in [0.5, 0.6) is 0 Å². The van der Waals surface area contributed by atoms with Crippen molar-refractivity contribution in [3.63, 3.8) is 0 Å². The van der Waals surface area contributed by atoms with Crippen LogP contribution in [0.3, 0.4) is 0 Å². The Morgan fingerprint density at radius 2 is 1.94 bits per heavy atom. The molecular weight excluding hydrogens is 424 g/mol. The van der Waals surface area contributed by atoms with Gasteiger partial charge in [-0.05, 0) is 32.0 Å². The van der Waals surface area contributed by atoms with Gasteiger partial charge in [0.2, 0.25) is 0 Å². The van der Waals surface area contributed by atoms with Crippen LogP contribution in [0, 0.1) is 10.9 Å². The molecule has 2 heterocycles. The molecule has 0 spiro atoms. The molecule has 3 N–H and O–H groups in total. The Bertz CT molecular complexity index is 990. The number of anilines is 1. The molecule has 3 rings (SSSR count). The number of carbonyl (C=O) groups is 1. The summed E-state index contributed by atoms with van der Waals surface area (Å²) in [6.07, 6.45) is 0.993. The first kappa shape index (κ1) is 23.8. The lowest BCUT2D eigenvalue weighted by molar-refractivity contribution is 0.0661. The van der Waals surface area contributed by atoms with E-state index in [9.17, 15) is 4.79 Å². The second kappa shape index (κ2) is 11.7. The summed E-state index contributed by atoms with van der Waals surface area (Å²) in [4.78, 5) is 24.2. The fraction of sp³-hybridized carbons (Fsp3) is 0.364. The van der Waals surface area contributed by atoms with Gasteiger partial charge in [0, 0.05) is 25.7 Å². The van der Waals surface area contributed by atoms with Crippen LogP contribution in [-0.4, -0.2) is 65.8 Å². The number of oxime groups is 1. The Morgan fingerprint density at radius 1 is 1.21 bits per heavy atom. The van der Waals surface area contributed by atoms with Crippen LogP contribution < -0.4 is 5.32 Å². The SMILES string of the molecule is CN1CCC(OC(=O)Nc2cccc(CO/N=C(\C(=N)N(C)N=N)c3ccccc3)n2)CC1. The van der Waals surface area contributed by atoms with Gasteiger partial charge >= 0.3 is 6.09 Å². The predicted octanol–water partition coefficient (Wildman–Crippen LogP) is 3.50. The van der Waals surface area contributed by atoms with Crippen molar-refractivity contribution in [3.05, 3.63) is 59.8 Å². The number of ether oxygens (including phenoxy) is 1. The third-order valence-electron chi connectivity index (χ3n) is 5.09. The number of hydrogen-bond acceptors (Lipinski definition) is 9. The van der Waals surface area contributed by atoms with E-state index in [0.717, 1.165) is 30.9 Å². The van der Waals surface area contributed by atoms with Crippen LogP contribution in [0.4, 0.5) is 10.6 Å². The van der Waals surface area contributed by atoms with Crippen LogP contribution in [0.1, 0.15) is 24.1 Å². The molecule has 1 aliphatic heterocycles. The second-order valence-electron chi connectivity index (χ2n) is 7.60. The molecule has 1 aromatic carbocycles. The summed E-state index contributed by atoms with van der Waals surface area (Å²) in [5, 5.41) is 19.3. The molecule has 11 nitrogen and oxygen atoms in total. The first-order valence-corrected chi connectivity index (χ1v) is 10.5. The summed E-state index contributed by atoms with van der Waals surface area (Å²) < 4.78 is 5.48. The van der Waals surface area contributed by atoms with Crippen molar-refractivity contribution in [2.45, 2.75) is 25.6 Å². The van der Waals surface area contributed by atoms with E-state index in [1.165, 1.54) is 7.05 Å². The van der Waals surface area contributed by atoms with Crippen molar-refractivity contribution >= 4 is 23.5 Å². The zero-order chi connectivity index (χ0) is 23.6. The Morgan fingerprint density at radius 3 is 2.64 bits per heavy atom. The molecule has 2 aromatic rings. The van der Waals surface area contributed by atoms with E-state index in [1.54, 1.807) is 30.3 Å². The number of aromatic nitrogens is 1. The van der Waals surface area contributed by atoms with Gasteiger partial charge in [0.05, 0.1) is 5.69 Å². The summed E-state index contributed by atoms with van der Waals surface area (Å²) in [7, 11) is 3.53. The van der Waals surface area contributed by atoms with Gasteiger partial charge < -0.3 is 14.5 Å². The maximum absolute atomic E-state index is 12.2. The van der Waals surface area contributed by atoms with E-state index < -0.39 is 6.09 Å². The van der Waals surface area contributed by atoms with Crippen molar-refractivity contribution in [3.8, 4) is 0 Å². The number of amides is 1. The minimum absolute atomic E-state index is 0.0187. The molecule has 0 saturated carbocycles. The first-order chi connectivity index (χ1) is 16.0. The number of likely N-dealkylation sites (N-methyl/N-ethyl adjacent to an activating group) is 1. The number of nitrogens with zero attached hydrogens (tertiary/aromatic N) is 5. The van der Waals surface area contributed by atoms with Gasteiger partial charge in [0.1, 0.15) is 11.9 Å². The molecule has 0 bridgehead atoms. The normalized spacial score (nSPS) is 14.9. The third kappa shape index (κ3) is 7.07. The molecule has 11 heteroatoms. The molecule has 1 saturated heterocycles. The number of nitrogens with one attached hydrogen (secondary N) is 3. The number of piperidine rings is 1. The average Bonchev–Trinajstić information content (AvgIpc) is 2.83. The molecule has 0 atom stereocenters. The van der Waals surface area contributed by atoms with Gasteiger partial charge in [-0.3, -0.25) is 10.7 Å². The lowest BCUT2D eigenvalue weighted by Gasteiger charge is -2.28. The van der Waals surface area contributed by atoms with Gasteiger partial charge in [-0.2, -0.15) is 5.53 Å². The molecule has 1 aliphatic rings. The Balaban J connectivity index is 1.60. The topological polar surface area (TPSA) is 139 Å². The maximum atomic E-state index is 12.2. The summed E-state index contributed by atoms with van der Waals surface area (Å²) in [5.74, 6) is 0.262. The third-order valence-corrected chi connectivity index (χ3v) is 5.09. The van der Waals surface area contributed by atoms with E-state index in [0.29, 0.717) is 17.1 Å². The molecule has 0 unspecified atom stereocenters. The van der Waals surface area contributed by atoms with Gasteiger partial charge in [-0.1, -0.05) is 46.8 Å². The highest BCUT2D eigenvalue weighted by atomic mass is 16.6. The summed E-state index contributed by atoms with van der Waals surface area (Å²) in [6, 6.07) is 14.2. The Hall–Kier alpha value is -3.86. The Kier molecular flexibility index (Phi) is 8.42. The summed E-state index contributed by atoms with van der Waals surface area (Å²) in [5.41, 5.74) is 8.55. The fourth-order valence-corrected chi connectivity index (χ4v) is 3.21. The number of likely N-dealkylation sites (tertiary alicyclic amines) is 1. The quantitative estimate of drug-likeness (QED) is 0.242. The average molecular weight is 453 g/mol. The highest BCUT2D eigenvalue weighted by Crippen LogP contribution is 2.14. The van der Waals surface area contributed by atoms with Crippen LogP contribution in [-0.2, 0) is 16.2 Å². The second-order valence-corrected chi connectivity index (χ2v) is 7.60. The first-order valence-electron chi connectivity index (χ1n) is 10.5. The van der Waals surface area contributed by atoms with E-state index in [4.69, 9.17) is 20.5 Å². The largest absolute Gasteiger partial charge is 0.446 e. The summed E-state index contributed by atoms with van der Waals surface area (Å²) in [6.45, 7) is 1.82. The lowest BCUT2D eigenvalue weighted by atomic mass is 10.1. The van der Waals surface area contributed by atoms with Gasteiger partial charge in [-0.15, -0.1) is 0 Å². The highest BCUT2D eigenvalue weighted by Gasteiger charge is 2.20. The molecule has 0 radical (unpaired) electrons. The highest BCUT2D eigenvalue weighted by molar-refractivity contribution is 6.46. The molecule has 0 aliphatic carbocycles. The Labute approximate surface area is 192 Å². The van der Waals surface area contributed by atoms with Crippen molar-refractivity contribution in [2.75, 3.05) is 32.5 Å². The van der Waals surface area contributed by atoms with Crippen molar-refractivity contribution in [2.24, 2.45) is 10.4 Å². The fourth-order valence-electron chi connectivity index (χ4n) is 3.21. The van der Waals surface area contributed by atoms with Gasteiger partial charge in [-0.25, -0.2) is 14.8 Å². The molecule has 33 heavy (non-hydrogen) atoms. The molecule has 1 amide bonds.